The second-order valence-electron chi connectivity index (χ2n) is 6.32. The molecule has 0 atom stereocenters. The number of methoxy groups -OCH3 is 1. The zero-order chi connectivity index (χ0) is 22.6. The maximum Gasteiger partial charge on any atom is 0.357 e. The molecule has 2 rings (SSSR count). The monoisotopic (exact) mass is 449 g/mol. The van der Waals surface area contributed by atoms with Gasteiger partial charge < -0.3 is 24.4 Å². The van der Waals surface area contributed by atoms with E-state index in [9.17, 15) is 14.4 Å². The number of rotatable bonds is 11. The molecule has 0 saturated heterocycles. The number of nitrogens with one attached hydrogen (secondary N) is 1. The largest absolute Gasteiger partial charge is 0.464 e. The van der Waals surface area contributed by atoms with Crippen LogP contribution in [0.3, 0.4) is 0 Å². The first-order valence-corrected chi connectivity index (χ1v) is 10.8. The predicted octanol–water partition coefficient (Wildman–Crippen LogP) is 3.57. The molecule has 1 N–H and O–H groups in total. The predicted molar refractivity (Wildman–Crippen MR) is 116 cm³/mol. The van der Waals surface area contributed by atoms with E-state index in [1.54, 1.807) is 41.5 Å². The number of carbonyl (C=O) groups is 3. The Bertz CT molecular complexity index is 868. The molecule has 0 spiro atoms. The van der Waals surface area contributed by atoms with Crippen LogP contribution in [0.4, 0.5) is 10.5 Å². The molecule has 9 nitrogen and oxygen atoms in total. The molecule has 2 amide bonds. The van der Waals surface area contributed by atoms with Gasteiger partial charge in [-0.2, -0.15) is 0 Å². The van der Waals surface area contributed by atoms with Crippen LogP contribution in [0.25, 0.3) is 0 Å². The molecule has 168 valence electrons. The van der Waals surface area contributed by atoms with Crippen molar-refractivity contribution in [3.8, 4) is 0 Å². The van der Waals surface area contributed by atoms with E-state index in [1.165, 1.54) is 18.4 Å². The Morgan fingerprint density at radius 3 is 2.48 bits per heavy atom. The Hall–Kier alpha value is -2.98. The van der Waals surface area contributed by atoms with Gasteiger partial charge in [0, 0.05) is 30.8 Å². The van der Waals surface area contributed by atoms with Crippen LogP contribution in [0, 0.1) is 0 Å². The lowest BCUT2D eigenvalue weighted by atomic mass is 10.2. The Balaban J connectivity index is 2.05. The second kappa shape index (κ2) is 12.7. The van der Waals surface area contributed by atoms with Gasteiger partial charge in [0.1, 0.15) is 5.01 Å². The van der Waals surface area contributed by atoms with Crippen molar-refractivity contribution in [3.05, 3.63) is 45.9 Å². The quantitative estimate of drug-likeness (QED) is 0.413. The fourth-order valence-electron chi connectivity index (χ4n) is 2.61. The zero-order valence-corrected chi connectivity index (χ0v) is 18.7. The number of aromatic nitrogens is 1. The summed E-state index contributed by atoms with van der Waals surface area (Å²) in [5.74, 6) is -0.931. The maximum absolute atomic E-state index is 12.9. The smallest absolute Gasteiger partial charge is 0.357 e. The number of anilines is 1. The van der Waals surface area contributed by atoms with E-state index in [0.29, 0.717) is 49.0 Å². The summed E-state index contributed by atoms with van der Waals surface area (Å²) in [5.41, 5.74) is 1.17. The fraction of sp³-hybridized carbons (Fsp3) is 0.429. The van der Waals surface area contributed by atoms with Crippen LogP contribution in [0.2, 0.25) is 0 Å². The molecule has 1 heterocycles. The van der Waals surface area contributed by atoms with Crippen molar-refractivity contribution in [2.45, 2.75) is 26.8 Å². The lowest BCUT2D eigenvalue weighted by Crippen LogP contribution is -2.35. The third-order valence-corrected chi connectivity index (χ3v) is 4.96. The van der Waals surface area contributed by atoms with Gasteiger partial charge in [-0.15, -0.1) is 11.3 Å². The number of urea groups is 1. The normalized spacial score (nSPS) is 10.4. The fourth-order valence-corrected chi connectivity index (χ4v) is 3.38. The molecule has 31 heavy (non-hydrogen) atoms. The summed E-state index contributed by atoms with van der Waals surface area (Å²) in [5, 5.41) is 5.04. The van der Waals surface area contributed by atoms with Crippen molar-refractivity contribution in [2.24, 2.45) is 0 Å². The Morgan fingerprint density at radius 2 is 1.84 bits per heavy atom. The van der Waals surface area contributed by atoms with Crippen LogP contribution in [0.15, 0.2) is 29.6 Å². The van der Waals surface area contributed by atoms with Crippen molar-refractivity contribution in [1.29, 1.82) is 0 Å². The van der Waals surface area contributed by atoms with E-state index in [-0.39, 0.29) is 18.3 Å². The third-order valence-electron chi connectivity index (χ3n) is 4.13. The molecule has 0 unspecified atom stereocenters. The highest BCUT2D eigenvalue weighted by atomic mass is 32.1. The average molecular weight is 450 g/mol. The van der Waals surface area contributed by atoms with E-state index < -0.39 is 11.9 Å². The summed E-state index contributed by atoms with van der Waals surface area (Å²) >= 11 is 1.28. The molecule has 0 aliphatic rings. The summed E-state index contributed by atoms with van der Waals surface area (Å²) in [4.78, 5) is 42.1. The van der Waals surface area contributed by atoms with Gasteiger partial charge >= 0.3 is 18.0 Å². The van der Waals surface area contributed by atoms with Gasteiger partial charge in [-0.3, -0.25) is 0 Å². The van der Waals surface area contributed by atoms with E-state index in [1.807, 2.05) is 6.92 Å². The molecular weight excluding hydrogens is 422 g/mol. The molecule has 1 aromatic heterocycles. The molecule has 0 radical (unpaired) electrons. The minimum absolute atomic E-state index is 0.215. The van der Waals surface area contributed by atoms with Gasteiger partial charge in [0.2, 0.25) is 0 Å². The Kier molecular flexibility index (Phi) is 9.92. The lowest BCUT2D eigenvalue weighted by Gasteiger charge is -2.22. The molecule has 10 heteroatoms. The molecule has 2 aromatic rings. The number of carbonyl (C=O) groups excluding carboxylic acids is 3. The number of benzene rings is 1. The average Bonchev–Trinajstić information content (AvgIpc) is 3.24. The number of nitrogens with zero attached hydrogens (tertiary/aromatic N) is 2. The summed E-state index contributed by atoms with van der Waals surface area (Å²) in [6.45, 7) is 5.76. The van der Waals surface area contributed by atoms with Crippen LogP contribution in [-0.2, 0) is 20.8 Å². The number of hydrogen-bond acceptors (Lipinski definition) is 8. The van der Waals surface area contributed by atoms with Crippen molar-refractivity contribution < 1.29 is 28.6 Å². The first-order valence-electron chi connectivity index (χ1n) is 9.92. The summed E-state index contributed by atoms with van der Waals surface area (Å²) < 4.78 is 15.0. The zero-order valence-electron chi connectivity index (χ0n) is 17.9. The highest BCUT2D eigenvalue weighted by Crippen LogP contribution is 2.16. The van der Waals surface area contributed by atoms with Gasteiger partial charge in [0.05, 0.1) is 25.8 Å². The van der Waals surface area contributed by atoms with Gasteiger partial charge in [-0.05, 0) is 44.5 Å². The summed E-state index contributed by atoms with van der Waals surface area (Å²) in [6.07, 6.45) is 0.651. The summed E-state index contributed by atoms with van der Waals surface area (Å²) in [6, 6.07) is 6.14. The minimum atomic E-state index is -0.517. The number of ether oxygens (including phenoxy) is 3. The Labute approximate surface area is 185 Å². The van der Waals surface area contributed by atoms with Gasteiger partial charge in [-0.25, -0.2) is 19.4 Å². The maximum atomic E-state index is 12.9. The van der Waals surface area contributed by atoms with E-state index in [2.05, 4.69) is 15.0 Å². The van der Waals surface area contributed by atoms with Crippen molar-refractivity contribution in [1.82, 2.24) is 9.88 Å². The molecule has 0 bridgehead atoms. The second-order valence-corrected chi connectivity index (χ2v) is 7.26. The molecule has 1 aromatic carbocycles. The van der Waals surface area contributed by atoms with Crippen LogP contribution < -0.4 is 5.32 Å². The lowest BCUT2D eigenvalue weighted by molar-refractivity contribution is 0.0525. The minimum Gasteiger partial charge on any atom is -0.464 e. The molecular formula is C21H27N3O6S. The highest BCUT2D eigenvalue weighted by molar-refractivity contribution is 7.09. The summed E-state index contributed by atoms with van der Waals surface area (Å²) in [7, 11) is 1.29. The number of amides is 2. The molecule has 0 fully saturated rings. The SMILES string of the molecule is CCOCCCN(Cc1nc(C(=O)OC)cs1)C(=O)Nc1ccc(C(=O)OCC)cc1. The van der Waals surface area contributed by atoms with Crippen LogP contribution in [0.1, 0.15) is 46.1 Å². The number of esters is 2. The standard InChI is InChI=1S/C21H27N3O6S/c1-4-29-12-6-11-24(13-18-23-17(14-31-18)20(26)28-3)21(27)22-16-9-7-15(8-10-16)19(25)30-5-2/h7-10,14H,4-6,11-13H2,1-3H3,(H,22,27). The molecule has 0 saturated carbocycles. The third kappa shape index (κ3) is 7.65. The highest BCUT2D eigenvalue weighted by Gasteiger charge is 2.18. The van der Waals surface area contributed by atoms with E-state index in [0.717, 1.165) is 0 Å². The van der Waals surface area contributed by atoms with Crippen molar-refractivity contribution in [2.75, 3.05) is 38.8 Å². The topological polar surface area (TPSA) is 107 Å². The van der Waals surface area contributed by atoms with E-state index in [4.69, 9.17) is 9.47 Å². The van der Waals surface area contributed by atoms with Gasteiger partial charge in [0.15, 0.2) is 5.69 Å². The van der Waals surface area contributed by atoms with Gasteiger partial charge in [0.25, 0.3) is 0 Å². The van der Waals surface area contributed by atoms with Crippen LogP contribution in [0.5, 0.6) is 0 Å². The van der Waals surface area contributed by atoms with Gasteiger partial charge in [-0.1, -0.05) is 0 Å². The Morgan fingerprint density at radius 1 is 1.10 bits per heavy atom. The molecule has 0 aliphatic carbocycles. The van der Waals surface area contributed by atoms with Crippen molar-refractivity contribution in [3.63, 3.8) is 0 Å². The first kappa shape index (κ1) is 24.3. The van der Waals surface area contributed by atoms with Crippen LogP contribution in [-0.4, -0.2) is 61.3 Å². The van der Waals surface area contributed by atoms with Crippen LogP contribution >= 0.6 is 11.3 Å². The van der Waals surface area contributed by atoms with E-state index >= 15 is 0 Å². The first-order chi connectivity index (χ1) is 15.0. The number of hydrogen-bond donors (Lipinski definition) is 1. The van der Waals surface area contributed by atoms with Crippen molar-refractivity contribution >= 4 is 35.0 Å². The molecule has 0 aliphatic heterocycles. The number of thiazole rings is 1.